The number of epoxide rings is 1. The highest BCUT2D eigenvalue weighted by molar-refractivity contribution is 6.21. The van der Waals surface area contributed by atoms with Gasteiger partial charge in [-0.25, -0.2) is 0 Å². The first-order chi connectivity index (χ1) is 6.72. The van der Waals surface area contributed by atoms with Crippen LogP contribution < -0.4 is 0 Å². The van der Waals surface area contributed by atoms with Crippen LogP contribution in [-0.2, 0) is 9.47 Å². The molecule has 0 N–H and O–H groups in total. The number of unbranched alkanes of at least 4 members (excludes halogenated alkanes) is 2. The summed E-state index contributed by atoms with van der Waals surface area (Å²) in [4.78, 5) is 0. The zero-order valence-corrected chi connectivity index (χ0v) is 10.3. The molecule has 0 spiro atoms. The highest BCUT2D eigenvalue weighted by atomic mass is 35.5. The minimum absolute atomic E-state index is 0.0231. The Labute approximate surface area is 92.9 Å². The summed E-state index contributed by atoms with van der Waals surface area (Å²) in [5.74, 6) is 0. The van der Waals surface area contributed by atoms with Gasteiger partial charge in [-0.15, -0.1) is 0 Å². The Morgan fingerprint density at radius 2 is 1.50 bits per heavy atom. The van der Waals surface area contributed by atoms with E-state index < -0.39 is 0 Å². The maximum Gasteiger partial charge on any atom is 0.157 e. The van der Waals surface area contributed by atoms with Crippen molar-refractivity contribution in [3.63, 3.8) is 0 Å². The van der Waals surface area contributed by atoms with Gasteiger partial charge in [-0.2, -0.15) is 0 Å². The molecule has 86 valence electrons. The molecule has 0 aromatic rings. The third-order valence-electron chi connectivity index (χ3n) is 1.92. The molecular formula is C11H23ClO2. The molecule has 14 heavy (non-hydrogen) atoms. The number of hydrogen-bond acceptors (Lipinski definition) is 2. The topological polar surface area (TPSA) is 21.8 Å². The molecule has 2 atom stereocenters. The van der Waals surface area contributed by atoms with Crippen LogP contribution in [0.1, 0.15) is 46.5 Å². The van der Waals surface area contributed by atoms with Crippen LogP contribution >= 0.6 is 11.6 Å². The molecule has 1 fully saturated rings. The maximum atomic E-state index is 5.31. The van der Waals surface area contributed by atoms with Gasteiger partial charge in [0.2, 0.25) is 0 Å². The first-order valence-electron chi connectivity index (χ1n) is 5.59. The number of halogens is 1. The van der Waals surface area contributed by atoms with E-state index in [2.05, 4.69) is 18.6 Å². The summed E-state index contributed by atoms with van der Waals surface area (Å²) >= 11 is 5.31. The van der Waals surface area contributed by atoms with E-state index >= 15 is 0 Å². The molecule has 3 heteroatoms. The van der Waals surface area contributed by atoms with Crippen molar-refractivity contribution in [2.75, 3.05) is 13.2 Å². The van der Waals surface area contributed by atoms with Crippen LogP contribution in [-0.4, -0.2) is 24.9 Å². The van der Waals surface area contributed by atoms with E-state index in [1.54, 1.807) is 0 Å². The smallest absolute Gasteiger partial charge is 0.157 e. The molecule has 0 aromatic heterocycles. The Hall–Kier alpha value is 0.210. The molecule has 0 radical (unpaired) electrons. The predicted octanol–water partition coefficient (Wildman–Crippen LogP) is 3.57. The quantitative estimate of drug-likeness (QED) is 0.389. The molecule has 1 saturated heterocycles. The summed E-state index contributed by atoms with van der Waals surface area (Å²) in [6, 6.07) is 0. The lowest BCUT2D eigenvalue weighted by atomic mass is 10.3. The molecule has 0 aromatic carbocycles. The van der Waals surface area contributed by atoms with Crippen molar-refractivity contribution in [3.05, 3.63) is 0 Å². The first-order valence-corrected chi connectivity index (χ1v) is 6.03. The zero-order chi connectivity index (χ0) is 10.8. The molecular weight excluding hydrogens is 200 g/mol. The molecule has 1 aliphatic heterocycles. The van der Waals surface area contributed by atoms with Gasteiger partial charge in [0, 0.05) is 13.2 Å². The minimum atomic E-state index is 0.0231. The Morgan fingerprint density at radius 1 is 1.14 bits per heavy atom. The average molecular weight is 223 g/mol. The molecule has 1 rings (SSSR count). The minimum Gasteiger partial charge on any atom is -0.381 e. The van der Waals surface area contributed by atoms with Crippen LogP contribution in [0.4, 0.5) is 0 Å². The van der Waals surface area contributed by atoms with E-state index in [9.17, 15) is 0 Å². The SMILES string of the molecule is CC1OC1Cl.CCCCOCCCC. The summed E-state index contributed by atoms with van der Waals surface area (Å²) in [7, 11) is 0. The van der Waals surface area contributed by atoms with E-state index in [0.717, 1.165) is 13.2 Å². The molecule has 2 nitrogen and oxygen atoms in total. The maximum absolute atomic E-state index is 5.31. The molecule has 1 heterocycles. The average Bonchev–Trinajstić information content (AvgIpc) is 2.81. The second-order valence-corrected chi connectivity index (χ2v) is 3.94. The molecule has 2 unspecified atom stereocenters. The van der Waals surface area contributed by atoms with Gasteiger partial charge in [0.15, 0.2) is 5.56 Å². The molecule has 1 aliphatic rings. The normalized spacial score (nSPS) is 24.0. The van der Waals surface area contributed by atoms with E-state index in [1.807, 2.05) is 6.92 Å². The van der Waals surface area contributed by atoms with Gasteiger partial charge in [0.25, 0.3) is 0 Å². The number of alkyl halides is 1. The highest BCUT2D eigenvalue weighted by Gasteiger charge is 2.30. The van der Waals surface area contributed by atoms with Gasteiger partial charge in [-0.1, -0.05) is 38.3 Å². The van der Waals surface area contributed by atoms with Crippen LogP contribution in [0.5, 0.6) is 0 Å². The second-order valence-electron chi connectivity index (χ2n) is 3.51. The molecule has 0 saturated carbocycles. The van der Waals surface area contributed by atoms with Crippen molar-refractivity contribution in [2.45, 2.75) is 58.1 Å². The molecule has 0 amide bonds. The van der Waals surface area contributed by atoms with Crippen molar-refractivity contribution in [3.8, 4) is 0 Å². The largest absolute Gasteiger partial charge is 0.381 e. The molecule has 0 bridgehead atoms. The fourth-order valence-electron chi connectivity index (χ4n) is 0.755. The second kappa shape index (κ2) is 9.75. The van der Waals surface area contributed by atoms with Gasteiger partial charge in [0.05, 0.1) is 6.10 Å². The predicted molar refractivity (Wildman–Crippen MR) is 60.8 cm³/mol. The van der Waals surface area contributed by atoms with Gasteiger partial charge >= 0.3 is 0 Å². The van der Waals surface area contributed by atoms with Crippen LogP contribution in [0.15, 0.2) is 0 Å². The number of ether oxygens (including phenoxy) is 2. The van der Waals surface area contributed by atoms with E-state index in [0.29, 0.717) is 6.10 Å². The van der Waals surface area contributed by atoms with Crippen LogP contribution in [0, 0.1) is 0 Å². The fraction of sp³-hybridized carbons (Fsp3) is 1.00. The lowest BCUT2D eigenvalue weighted by Crippen LogP contribution is -1.95. The van der Waals surface area contributed by atoms with Gasteiger partial charge in [0.1, 0.15) is 0 Å². The highest BCUT2D eigenvalue weighted by Crippen LogP contribution is 2.23. The summed E-state index contributed by atoms with van der Waals surface area (Å²) in [6.07, 6.45) is 5.22. The first kappa shape index (κ1) is 14.2. The monoisotopic (exact) mass is 222 g/mol. The Kier molecular flexibility index (Phi) is 9.90. The lowest BCUT2D eigenvalue weighted by Gasteiger charge is -1.99. The van der Waals surface area contributed by atoms with Crippen LogP contribution in [0.3, 0.4) is 0 Å². The van der Waals surface area contributed by atoms with Crippen molar-refractivity contribution in [1.29, 1.82) is 0 Å². The van der Waals surface area contributed by atoms with Crippen molar-refractivity contribution >= 4 is 11.6 Å². The number of rotatable bonds is 6. The Bertz CT molecular complexity index is 108. The van der Waals surface area contributed by atoms with Gasteiger partial charge < -0.3 is 9.47 Å². The fourth-order valence-corrected chi connectivity index (χ4v) is 0.917. The molecule has 0 aliphatic carbocycles. The summed E-state index contributed by atoms with van der Waals surface area (Å²) in [5.41, 5.74) is 0.0231. The summed E-state index contributed by atoms with van der Waals surface area (Å²) in [6.45, 7) is 8.22. The van der Waals surface area contributed by atoms with E-state index in [-0.39, 0.29) is 5.56 Å². The van der Waals surface area contributed by atoms with Crippen LogP contribution in [0.25, 0.3) is 0 Å². The Morgan fingerprint density at radius 3 is 1.71 bits per heavy atom. The van der Waals surface area contributed by atoms with Crippen molar-refractivity contribution in [1.82, 2.24) is 0 Å². The van der Waals surface area contributed by atoms with E-state index in [4.69, 9.17) is 16.3 Å². The third-order valence-corrected chi connectivity index (χ3v) is 2.38. The van der Waals surface area contributed by atoms with Gasteiger partial charge in [-0.05, 0) is 19.8 Å². The summed E-state index contributed by atoms with van der Waals surface area (Å²) < 4.78 is 10.00. The van der Waals surface area contributed by atoms with Crippen molar-refractivity contribution in [2.24, 2.45) is 0 Å². The standard InChI is InChI=1S/C8H18O.C3H5ClO/c1-3-5-7-9-8-6-4-2;1-2-3(4)5-2/h3-8H2,1-2H3;2-3H,1H3. The summed E-state index contributed by atoms with van der Waals surface area (Å²) in [5, 5.41) is 0. The van der Waals surface area contributed by atoms with Gasteiger partial charge in [-0.3, -0.25) is 0 Å². The zero-order valence-electron chi connectivity index (χ0n) is 9.59. The Balaban J connectivity index is 0.000000280. The van der Waals surface area contributed by atoms with Crippen molar-refractivity contribution < 1.29 is 9.47 Å². The van der Waals surface area contributed by atoms with E-state index in [1.165, 1.54) is 25.7 Å². The third kappa shape index (κ3) is 10.3. The van der Waals surface area contributed by atoms with Crippen LogP contribution in [0.2, 0.25) is 0 Å². The number of hydrogen-bond donors (Lipinski definition) is 0. The lowest BCUT2D eigenvalue weighted by molar-refractivity contribution is 0.128.